The highest BCUT2D eigenvalue weighted by Gasteiger charge is 2.24. The van der Waals surface area contributed by atoms with Gasteiger partial charge in [0.1, 0.15) is 0 Å². The highest BCUT2D eigenvalue weighted by Crippen LogP contribution is 2.38. The molecule has 1 aliphatic heterocycles. The van der Waals surface area contributed by atoms with Crippen LogP contribution in [0.2, 0.25) is 0 Å². The lowest BCUT2D eigenvalue weighted by molar-refractivity contribution is -0.385. The zero-order chi connectivity index (χ0) is 18.4. The molecule has 0 bridgehead atoms. The molecule has 1 aromatic carbocycles. The van der Waals surface area contributed by atoms with Crippen LogP contribution in [0.15, 0.2) is 12.1 Å². The lowest BCUT2D eigenvalue weighted by Gasteiger charge is -2.16. The fourth-order valence-corrected chi connectivity index (χ4v) is 4.20. The van der Waals surface area contributed by atoms with Crippen molar-refractivity contribution < 1.29 is 14.4 Å². The van der Waals surface area contributed by atoms with Gasteiger partial charge in [-0.05, 0) is 50.8 Å². The molecule has 6 heteroatoms. The number of likely N-dealkylation sites (tertiary alicyclic amines) is 1. The molecule has 2 fully saturated rings. The Hall–Kier alpha value is -1.82. The van der Waals surface area contributed by atoms with E-state index in [1.54, 1.807) is 13.2 Å². The molecular weight excluding hydrogens is 332 g/mol. The Kier molecular flexibility index (Phi) is 6.72. The number of hydrogen-bond donors (Lipinski definition) is 0. The second-order valence-corrected chi connectivity index (χ2v) is 7.49. The maximum atomic E-state index is 11.6. The minimum Gasteiger partial charge on any atom is -0.493 e. The van der Waals surface area contributed by atoms with Gasteiger partial charge in [0.2, 0.25) is 0 Å². The van der Waals surface area contributed by atoms with E-state index in [1.165, 1.54) is 38.8 Å². The SMILES string of the molecule is COc1cc(CC2CCCC2)c([N+](=O)[O-])cc1OCCCN1CCCC1. The smallest absolute Gasteiger partial charge is 0.276 e. The predicted molar refractivity (Wildman–Crippen MR) is 101 cm³/mol. The van der Waals surface area contributed by atoms with Crippen molar-refractivity contribution in [2.45, 2.75) is 51.4 Å². The third kappa shape index (κ3) is 4.87. The van der Waals surface area contributed by atoms with E-state index in [9.17, 15) is 10.1 Å². The second kappa shape index (κ2) is 9.21. The average Bonchev–Trinajstić information content (AvgIpc) is 3.32. The molecule has 26 heavy (non-hydrogen) atoms. The average molecular weight is 362 g/mol. The van der Waals surface area contributed by atoms with Gasteiger partial charge in [-0.3, -0.25) is 10.1 Å². The molecule has 0 amide bonds. The Morgan fingerprint density at radius 2 is 1.88 bits per heavy atom. The molecule has 6 nitrogen and oxygen atoms in total. The summed E-state index contributed by atoms with van der Waals surface area (Å²) in [6, 6.07) is 3.37. The zero-order valence-corrected chi connectivity index (χ0v) is 15.7. The number of ether oxygens (including phenoxy) is 2. The molecule has 1 aromatic rings. The van der Waals surface area contributed by atoms with Gasteiger partial charge in [0.05, 0.1) is 24.7 Å². The lowest BCUT2D eigenvalue weighted by atomic mass is 9.96. The number of hydrogen-bond acceptors (Lipinski definition) is 5. The standard InChI is InChI=1S/C20H30N2O4/c1-25-19-14-17(13-16-7-2-3-8-16)18(22(23)24)15-20(19)26-12-6-11-21-9-4-5-10-21/h14-16H,2-13H2,1H3. The summed E-state index contributed by atoms with van der Waals surface area (Å²) >= 11 is 0. The Balaban J connectivity index is 1.65. The summed E-state index contributed by atoms with van der Waals surface area (Å²) in [5.41, 5.74) is 0.926. The van der Waals surface area contributed by atoms with Gasteiger partial charge in [-0.1, -0.05) is 25.7 Å². The summed E-state index contributed by atoms with van der Waals surface area (Å²) in [4.78, 5) is 13.7. The van der Waals surface area contributed by atoms with Crippen molar-refractivity contribution in [1.29, 1.82) is 0 Å². The van der Waals surface area contributed by atoms with Gasteiger partial charge in [0, 0.05) is 12.1 Å². The van der Waals surface area contributed by atoms with Crippen LogP contribution in [0, 0.1) is 16.0 Å². The molecule has 1 aliphatic carbocycles. The number of nitrogens with zero attached hydrogens (tertiary/aromatic N) is 2. The Labute approximate surface area is 155 Å². The van der Waals surface area contributed by atoms with Crippen LogP contribution in [0.5, 0.6) is 11.5 Å². The Bertz CT molecular complexity index is 608. The highest BCUT2D eigenvalue weighted by molar-refractivity contribution is 5.54. The van der Waals surface area contributed by atoms with E-state index in [-0.39, 0.29) is 10.6 Å². The van der Waals surface area contributed by atoms with E-state index in [1.807, 2.05) is 6.07 Å². The first-order valence-corrected chi connectivity index (χ1v) is 9.88. The molecular formula is C20H30N2O4. The largest absolute Gasteiger partial charge is 0.493 e. The van der Waals surface area contributed by atoms with Crippen LogP contribution in [0.25, 0.3) is 0 Å². The Morgan fingerprint density at radius 3 is 2.54 bits per heavy atom. The Morgan fingerprint density at radius 1 is 1.15 bits per heavy atom. The molecule has 1 saturated carbocycles. The quantitative estimate of drug-likeness (QED) is 0.374. The van der Waals surface area contributed by atoms with E-state index in [2.05, 4.69) is 4.90 Å². The molecule has 0 unspecified atom stereocenters. The fourth-order valence-electron chi connectivity index (χ4n) is 4.20. The number of rotatable bonds is 9. The van der Waals surface area contributed by atoms with Gasteiger partial charge in [-0.2, -0.15) is 0 Å². The maximum absolute atomic E-state index is 11.6. The van der Waals surface area contributed by atoms with E-state index in [0.29, 0.717) is 24.0 Å². The highest BCUT2D eigenvalue weighted by atomic mass is 16.6. The monoisotopic (exact) mass is 362 g/mol. The molecule has 0 aromatic heterocycles. The molecule has 0 spiro atoms. The molecule has 2 aliphatic rings. The van der Waals surface area contributed by atoms with Crippen LogP contribution in [-0.4, -0.2) is 43.2 Å². The lowest BCUT2D eigenvalue weighted by Crippen LogP contribution is -2.22. The maximum Gasteiger partial charge on any atom is 0.276 e. The van der Waals surface area contributed by atoms with Crippen molar-refractivity contribution in [3.63, 3.8) is 0 Å². The summed E-state index contributed by atoms with van der Waals surface area (Å²) in [6.45, 7) is 3.91. The van der Waals surface area contributed by atoms with Crippen LogP contribution in [0.1, 0.15) is 50.5 Å². The van der Waals surface area contributed by atoms with Crippen LogP contribution in [0.3, 0.4) is 0 Å². The number of nitro benzene ring substituents is 1. The molecule has 0 N–H and O–H groups in total. The summed E-state index contributed by atoms with van der Waals surface area (Å²) in [5.74, 6) is 1.63. The van der Waals surface area contributed by atoms with Gasteiger partial charge in [0.25, 0.3) is 5.69 Å². The molecule has 0 radical (unpaired) electrons. The summed E-state index contributed by atoms with van der Waals surface area (Å²) in [6.07, 6.45) is 9.01. The van der Waals surface area contributed by atoms with Crippen molar-refractivity contribution in [3.8, 4) is 11.5 Å². The number of methoxy groups -OCH3 is 1. The van der Waals surface area contributed by atoms with Crippen LogP contribution in [-0.2, 0) is 6.42 Å². The van der Waals surface area contributed by atoms with Gasteiger partial charge in [-0.15, -0.1) is 0 Å². The van der Waals surface area contributed by atoms with E-state index in [4.69, 9.17) is 9.47 Å². The van der Waals surface area contributed by atoms with Gasteiger partial charge < -0.3 is 14.4 Å². The zero-order valence-electron chi connectivity index (χ0n) is 15.7. The predicted octanol–water partition coefficient (Wildman–Crippen LogP) is 4.20. The fraction of sp³-hybridized carbons (Fsp3) is 0.700. The first-order chi connectivity index (χ1) is 12.7. The van der Waals surface area contributed by atoms with Gasteiger partial charge >= 0.3 is 0 Å². The molecule has 1 saturated heterocycles. The number of benzene rings is 1. The van der Waals surface area contributed by atoms with E-state index < -0.39 is 0 Å². The van der Waals surface area contributed by atoms with Crippen LogP contribution >= 0.6 is 0 Å². The third-order valence-electron chi connectivity index (χ3n) is 5.62. The van der Waals surface area contributed by atoms with Gasteiger partial charge in [0.15, 0.2) is 11.5 Å². The summed E-state index contributed by atoms with van der Waals surface area (Å²) < 4.78 is 11.3. The topological polar surface area (TPSA) is 64.8 Å². The molecule has 144 valence electrons. The van der Waals surface area contributed by atoms with E-state index in [0.717, 1.165) is 37.8 Å². The number of nitro groups is 1. The first kappa shape index (κ1) is 19.0. The van der Waals surface area contributed by atoms with Crippen molar-refractivity contribution in [1.82, 2.24) is 4.90 Å². The van der Waals surface area contributed by atoms with E-state index >= 15 is 0 Å². The van der Waals surface area contributed by atoms with Crippen LogP contribution < -0.4 is 9.47 Å². The summed E-state index contributed by atoms with van der Waals surface area (Å²) in [5, 5.41) is 11.6. The molecule has 3 rings (SSSR count). The van der Waals surface area contributed by atoms with Crippen LogP contribution in [0.4, 0.5) is 5.69 Å². The molecule has 1 heterocycles. The third-order valence-corrected chi connectivity index (χ3v) is 5.62. The minimum absolute atomic E-state index is 0.159. The van der Waals surface area contributed by atoms with Crippen molar-refractivity contribution in [3.05, 3.63) is 27.8 Å². The van der Waals surface area contributed by atoms with Crippen molar-refractivity contribution in [2.24, 2.45) is 5.92 Å². The first-order valence-electron chi connectivity index (χ1n) is 9.88. The normalized spacial score (nSPS) is 18.3. The minimum atomic E-state index is -0.291. The van der Waals surface area contributed by atoms with Crippen molar-refractivity contribution in [2.75, 3.05) is 33.4 Å². The van der Waals surface area contributed by atoms with Crippen molar-refractivity contribution >= 4 is 5.69 Å². The summed E-state index contributed by atoms with van der Waals surface area (Å²) in [7, 11) is 1.59. The molecule has 0 atom stereocenters. The second-order valence-electron chi connectivity index (χ2n) is 7.49. The van der Waals surface area contributed by atoms with Gasteiger partial charge in [-0.25, -0.2) is 0 Å².